The zero-order valence-corrected chi connectivity index (χ0v) is 19.8. The number of hydrogen-bond donors (Lipinski definition) is 1. The summed E-state index contributed by atoms with van der Waals surface area (Å²) in [6, 6.07) is 11.4. The molecule has 0 unspecified atom stereocenters. The summed E-state index contributed by atoms with van der Waals surface area (Å²) in [6.07, 6.45) is -2.53. The number of hydrazone groups is 1. The number of carbonyl (C=O) groups excluding carboxylic acids is 1. The van der Waals surface area contributed by atoms with Crippen molar-refractivity contribution in [2.75, 3.05) is 17.1 Å². The van der Waals surface area contributed by atoms with Crippen LogP contribution >= 0.6 is 0 Å². The molecule has 0 atom stereocenters. The molecule has 0 radical (unpaired) electrons. The van der Waals surface area contributed by atoms with Crippen LogP contribution in [0.15, 0.2) is 59.7 Å². The maximum absolute atomic E-state index is 13.2. The monoisotopic (exact) mass is 510 g/mol. The van der Waals surface area contributed by atoms with E-state index >= 15 is 0 Å². The van der Waals surface area contributed by atoms with Gasteiger partial charge in [-0.15, -0.1) is 0 Å². The van der Waals surface area contributed by atoms with Gasteiger partial charge in [-0.25, -0.2) is 18.2 Å². The summed E-state index contributed by atoms with van der Waals surface area (Å²) in [5.41, 5.74) is 3.81. The Morgan fingerprint density at radius 2 is 1.77 bits per heavy atom. The lowest BCUT2D eigenvalue weighted by molar-refractivity contribution is -0.137. The van der Waals surface area contributed by atoms with Crippen molar-refractivity contribution in [3.8, 4) is 5.69 Å². The molecule has 0 aliphatic heterocycles. The first-order chi connectivity index (χ1) is 16.3. The van der Waals surface area contributed by atoms with Crippen LogP contribution < -0.4 is 9.73 Å². The number of sulfonamides is 1. The van der Waals surface area contributed by atoms with Crippen molar-refractivity contribution >= 4 is 27.8 Å². The molecule has 1 aromatic heterocycles. The number of halogens is 4. The van der Waals surface area contributed by atoms with Crippen molar-refractivity contribution in [1.82, 2.24) is 9.99 Å². The van der Waals surface area contributed by atoms with Gasteiger partial charge in [0.15, 0.2) is 0 Å². The first-order valence-corrected chi connectivity index (χ1v) is 12.0. The van der Waals surface area contributed by atoms with Gasteiger partial charge in [0.25, 0.3) is 5.91 Å². The molecule has 3 rings (SSSR count). The summed E-state index contributed by atoms with van der Waals surface area (Å²) in [7, 11) is -4.07. The Hall–Kier alpha value is -3.67. The highest BCUT2D eigenvalue weighted by atomic mass is 32.2. The van der Waals surface area contributed by atoms with Gasteiger partial charge in [0.1, 0.15) is 12.4 Å². The fourth-order valence-electron chi connectivity index (χ4n) is 3.48. The molecular weight excluding hydrogens is 488 g/mol. The molecule has 35 heavy (non-hydrogen) atoms. The molecule has 0 aliphatic carbocycles. The third-order valence-corrected chi connectivity index (χ3v) is 6.24. The van der Waals surface area contributed by atoms with Crippen LogP contribution in [0.4, 0.5) is 23.2 Å². The molecule has 0 saturated heterocycles. The summed E-state index contributed by atoms with van der Waals surface area (Å²) >= 11 is 0. The van der Waals surface area contributed by atoms with E-state index in [2.05, 4.69) is 10.5 Å². The summed E-state index contributed by atoms with van der Waals surface area (Å²) in [5, 5.41) is 3.85. The second-order valence-corrected chi connectivity index (χ2v) is 9.66. The third kappa shape index (κ3) is 6.27. The fraction of sp³-hybridized carbons (Fsp3) is 0.217. The van der Waals surface area contributed by atoms with Gasteiger partial charge in [0.2, 0.25) is 10.0 Å². The van der Waals surface area contributed by atoms with Crippen LogP contribution in [0.2, 0.25) is 0 Å². The number of aryl methyl sites for hydroxylation is 1. The second-order valence-electron chi connectivity index (χ2n) is 7.75. The van der Waals surface area contributed by atoms with E-state index in [-0.39, 0.29) is 11.5 Å². The lowest BCUT2D eigenvalue weighted by atomic mass is 10.2. The molecule has 1 N–H and O–H groups in total. The Morgan fingerprint density at radius 3 is 2.37 bits per heavy atom. The lowest BCUT2D eigenvalue weighted by Crippen LogP contribution is -2.39. The normalized spacial score (nSPS) is 12.2. The van der Waals surface area contributed by atoms with E-state index in [1.807, 2.05) is 11.5 Å². The minimum atomic E-state index is -4.67. The smallest absolute Gasteiger partial charge is 0.318 e. The Bertz CT molecular complexity index is 1360. The fourth-order valence-corrected chi connectivity index (χ4v) is 4.33. The number of benzene rings is 2. The summed E-state index contributed by atoms with van der Waals surface area (Å²) in [5.74, 6) is -1.22. The van der Waals surface area contributed by atoms with E-state index in [0.717, 1.165) is 41.5 Å². The van der Waals surface area contributed by atoms with Crippen molar-refractivity contribution in [2.45, 2.75) is 20.0 Å². The molecule has 1 amide bonds. The van der Waals surface area contributed by atoms with E-state index < -0.39 is 34.2 Å². The van der Waals surface area contributed by atoms with Gasteiger partial charge < -0.3 is 4.57 Å². The minimum Gasteiger partial charge on any atom is -0.318 e. The minimum absolute atomic E-state index is 0.302. The molecule has 12 heteroatoms. The number of hydrogen-bond acceptors (Lipinski definition) is 4. The predicted octanol–water partition coefficient (Wildman–Crippen LogP) is 4.17. The van der Waals surface area contributed by atoms with Gasteiger partial charge >= 0.3 is 6.18 Å². The Balaban J connectivity index is 1.76. The number of amides is 1. The molecule has 0 aliphatic rings. The molecule has 0 spiro atoms. The quantitative estimate of drug-likeness (QED) is 0.294. The van der Waals surface area contributed by atoms with Gasteiger partial charge in [-0.1, -0.05) is 6.07 Å². The highest BCUT2D eigenvalue weighted by Crippen LogP contribution is 2.32. The van der Waals surface area contributed by atoms with Crippen LogP contribution in [0.3, 0.4) is 0 Å². The third-order valence-electron chi connectivity index (χ3n) is 5.10. The van der Waals surface area contributed by atoms with Crippen LogP contribution in [0.5, 0.6) is 0 Å². The average Bonchev–Trinajstić information content (AvgIpc) is 3.04. The van der Waals surface area contributed by atoms with E-state index in [0.29, 0.717) is 15.9 Å². The number of rotatable bonds is 7. The average molecular weight is 511 g/mol. The maximum atomic E-state index is 13.2. The topological polar surface area (TPSA) is 83.8 Å². The van der Waals surface area contributed by atoms with Crippen molar-refractivity contribution in [3.63, 3.8) is 0 Å². The van der Waals surface area contributed by atoms with Crippen molar-refractivity contribution < 1.29 is 30.8 Å². The van der Waals surface area contributed by atoms with E-state index in [4.69, 9.17) is 0 Å². The SMILES string of the molecule is Cc1cc(/C=N/NC(=O)CN(c2cccc(C(F)(F)F)c2)S(C)(=O)=O)c(C)n1-c1ccc(F)cc1. The van der Waals surface area contributed by atoms with E-state index in [1.54, 1.807) is 25.1 Å². The first-order valence-electron chi connectivity index (χ1n) is 10.2. The number of aromatic nitrogens is 1. The molecule has 1 heterocycles. The van der Waals surface area contributed by atoms with Gasteiger partial charge in [-0.05, 0) is 62.4 Å². The highest BCUT2D eigenvalue weighted by molar-refractivity contribution is 7.92. The first kappa shape index (κ1) is 25.9. The predicted molar refractivity (Wildman–Crippen MR) is 125 cm³/mol. The maximum Gasteiger partial charge on any atom is 0.416 e. The number of carbonyl (C=O) groups is 1. The summed E-state index contributed by atoms with van der Waals surface area (Å²) in [4.78, 5) is 12.4. The zero-order chi connectivity index (χ0) is 26.0. The van der Waals surface area contributed by atoms with Crippen molar-refractivity contribution in [3.05, 3.63) is 82.9 Å². The molecule has 0 saturated carbocycles. The summed E-state index contributed by atoms with van der Waals surface area (Å²) < 4.78 is 79.1. The van der Waals surface area contributed by atoms with Gasteiger partial charge in [0, 0.05) is 22.6 Å². The Morgan fingerprint density at radius 1 is 1.11 bits per heavy atom. The zero-order valence-electron chi connectivity index (χ0n) is 19.0. The number of nitrogens with one attached hydrogen (secondary N) is 1. The number of nitrogens with zero attached hydrogens (tertiary/aromatic N) is 3. The number of alkyl halides is 3. The highest BCUT2D eigenvalue weighted by Gasteiger charge is 2.32. The van der Waals surface area contributed by atoms with Crippen LogP contribution in [0, 0.1) is 19.7 Å². The standard InChI is InChI=1S/C23H22F4N4O3S/c1-15-11-17(16(2)31(15)20-9-7-19(24)8-10-20)13-28-29-22(32)14-30(35(3,33)34)21-6-4-5-18(12-21)23(25,26)27/h4-13H,14H2,1-3H3,(H,29,32)/b28-13+. The summed E-state index contributed by atoms with van der Waals surface area (Å²) in [6.45, 7) is 2.87. The van der Waals surface area contributed by atoms with Crippen LogP contribution in [-0.4, -0.2) is 37.9 Å². The number of anilines is 1. The molecule has 0 bridgehead atoms. The van der Waals surface area contributed by atoms with E-state index in [1.165, 1.54) is 18.3 Å². The lowest BCUT2D eigenvalue weighted by Gasteiger charge is -2.22. The van der Waals surface area contributed by atoms with E-state index in [9.17, 15) is 30.8 Å². The van der Waals surface area contributed by atoms with Crippen molar-refractivity contribution in [2.24, 2.45) is 5.10 Å². The molecule has 7 nitrogen and oxygen atoms in total. The van der Waals surface area contributed by atoms with Crippen LogP contribution in [0.25, 0.3) is 5.69 Å². The van der Waals surface area contributed by atoms with Gasteiger partial charge in [-0.2, -0.15) is 18.3 Å². The Labute approximate surface area is 199 Å². The molecule has 186 valence electrons. The largest absolute Gasteiger partial charge is 0.416 e. The van der Waals surface area contributed by atoms with Crippen LogP contribution in [0.1, 0.15) is 22.5 Å². The molecular formula is C23H22F4N4O3S. The van der Waals surface area contributed by atoms with Crippen molar-refractivity contribution in [1.29, 1.82) is 0 Å². The molecule has 0 fully saturated rings. The Kier molecular flexibility index (Phi) is 7.34. The van der Waals surface area contributed by atoms with Gasteiger partial charge in [0.05, 0.1) is 23.7 Å². The van der Waals surface area contributed by atoms with Gasteiger partial charge in [-0.3, -0.25) is 9.10 Å². The molecule has 2 aromatic carbocycles. The molecule has 3 aromatic rings. The second kappa shape index (κ2) is 9.90. The van der Waals surface area contributed by atoms with Crippen LogP contribution in [-0.2, 0) is 21.0 Å².